The molecule has 39 heavy (non-hydrogen) atoms. The van der Waals surface area contributed by atoms with Gasteiger partial charge in [-0.25, -0.2) is 4.39 Å². The first kappa shape index (κ1) is 30.0. The van der Waals surface area contributed by atoms with E-state index in [4.69, 9.17) is 26.8 Å². The third kappa shape index (κ3) is 6.93. The molecule has 9 nitrogen and oxygen atoms in total. The number of carbonyl (C=O) groups excluding carboxylic acids is 4. The fourth-order valence-corrected chi connectivity index (χ4v) is 4.39. The molecule has 4 atom stereocenters. The van der Waals surface area contributed by atoms with Crippen molar-refractivity contribution in [3.05, 3.63) is 63.9 Å². The van der Waals surface area contributed by atoms with Crippen LogP contribution in [0.2, 0.25) is 5.02 Å². The van der Waals surface area contributed by atoms with E-state index in [0.717, 1.165) is 6.07 Å². The van der Waals surface area contributed by atoms with E-state index in [1.165, 1.54) is 19.1 Å². The Balaban J connectivity index is 1.92. The Labute approximate surface area is 231 Å². The summed E-state index contributed by atoms with van der Waals surface area (Å²) in [4.78, 5) is 50.5. The molecule has 1 heterocycles. The molecule has 4 N–H and O–H groups in total. The van der Waals surface area contributed by atoms with Gasteiger partial charge >= 0.3 is 5.97 Å². The van der Waals surface area contributed by atoms with Crippen LogP contribution in [0.1, 0.15) is 73.4 Å². The number of ketones is 1. The smallest absolute Gasteiger partial charge is 0.325 e. The van der Waals surface area contributed by atoms with E-state index in [9.17, 15) is 23.6 Å². The van der Waals surface area contributed by atoms with Crippen molar-refractivity contribution < 1.29 is 33.0 Å². The molecule has 11 heteroatoms. The average molecular weight is 562 g/mol. The van der Waals surface area contributed by atoms with E-state index in [1.807, 2.05) is 13.8 Å². The monoisotopic (exact) mass is 561 g/mol. The minimum Gasteiger partial charge on any atom is -0.484 e. The fourth-order valence-electron chi connectivity index (χ4n) is 4.21. The quantitative estimate of drug-likeness (QED) is 0.313. The van der Waals surface area contributed by atoms with E-state index in [-0.39, 0.29) is 22.3 Å². The zero-order valence-electron chi connectivity index (χ0n) is 22.5. The number of benzene rings is 2. The Morgan fingerprint density at radius 3 is 2.44 bits per heavy atom. The molecule has 0 aromatic heterocycles. The first-order chi connectivity index (χ1) is 18.2. The first-order valence-electron chi connectivity index (χ1n) is 12.6. The summed E-state index contributed by atoms with van der Waals surface area (Å²) in [6.45, 7) is 8.04. The lowest BCUT2D eigenvalue weighted by Crippen LogP contribution is -2.56. The normalized spacial score (nSPS) is 19.1. The van der Waals surface area contributed by atoms with Crippen molar-refractivity contribution in [2.24, 2.45) is 11.7 Å². The number of nitrogens with one attached hydrogen (secondary N) is 2. The van der Waals surface area contributed by atoms with Crippen molar-refractivity contribution in [1.82, 2.24) is 10.6 Å². The van der Waals surface area contributed by atoms with E-state index >= 15 is 0 Å². The summed E-state index contributed by atoms with van der Waals surface area (Å²) < 4.78 is 25.6. The molecule has 210 valence electrons. The van der Waals surface area contributed by atoms with Crippen LogP contribution >= 0.6 is 11.6 Å². The lowest BCUT2D eigenvalue weighted by molar-refractivity contribution is -0.164. The van der Waals surface area contributed by atoms with Crippen molar-refractivity contribution in [3.8, 4) is 5.75 Å². The maximum atomic E-state index is 13.7. The highest BCUT2D eigenvalue weighted by Crippen LogP contribution is 2.42. The largest absolute Gasteiger partial charge is 0.484 e. The van der Waals surface area contributed by atoms with Gasteiger partial charge in [-0.3, -0.25) is 19.2 Å². The van der Waals surface area contributed by atoms with Crippen LogP contribution in [0.25, 0.3) is 0 Å². The first-order valence-corrected chi connectivity index (χ1v) is 13.0. The summed E-state index contributed by atoms with van der Waals surface area (Å²) in [7, 11) is 0. The lowest BCUT2D eigenvalue weighted by Gasteiger charge is -2.44. The molecular weight excluding hydrogens is 529 g/mol. The van der Waals surface area contributed by atoms with Crippen LogP contribution < -0.4 is 21.1 Å². The average Bonchev–Trinajstić information content (AvgIpc) is 2.89. The van der Waals surface area contributed by atoms with Crippen LogP contribution in [0, 0.1) is 11.7 Å². The highest BCUT2D eigenvalue weighted by Gasteiger charge is 2.47. The second-order valence-corrected chi connectivity index (χ2v) is 10.5. The molecular formula is C28H33ClFN3O6. The van der Waals surface area contributed by atoms with Gasteiger partial charge in [-0.05, 0) is 63.1 Å². The SMILES string of the molecule is CC[C@H](C)[C@H](N)C(=O)NCC(=O)O[C@H]1[C@@H](NC(=O)c2ccc(F)c(Cl)c2)c2cc(C(C)=O)ccc2OC1(C)C. The number of Topliss-reactive ketones (excluding diaryl/α,β-unsaturated/α-hetero) is 1. The molecule has 3 rings (SSSR count). The van der Waals surface area contributed by atoms with Crippen LogP contribution in [-0.2, 0) is 14.3 Å². The van der Waals surface area contributed by atoms with E-state index in [1.54, 1.807) is 32.0 Å². The van der Waals surface area contributed by atoms with Gasteiger partial charge in [0.05, 0.1) is 17.1 Å². The van der Waals surface area contributed by atoms with Crippen molar-refractivity contribution >= 4 is 35.2 Å². The molecule has 0 fully saturated rings. The van der Waals surface area contributed by atoms with Gasteiger partial charge in [-0.1, -0.05) is 31.9 Å². The zero-order valence-corrected chi connectivity index (χ0v) is 23.2. The summed E-state index contributed by atoms with van der Waals surface area (Å²) in [5.74, 6) is -2.49. The van der Waals surface area contributed by atoms with E-state index < -0.39 is 53.9 Å². The molecule has 2 aromatic rings. The van der Waals surface area contributed by atoms with Crippen molar-refractivity contribution in [3.63, 3.8) is 0 Å². The van der Waals surface area contributed by atoms with Crippen LogP contribution in [-0.4, -0.2) is 47.9 Å². The molecule has 0 unspecified atom stereocenters. The number of halogens is 2. The Bertz CT molecular complexity index is 1280. The number of carbonyl (C=O) groups is 4. The van der Waals surface area contributed by atoms with Gasteiger partial charge in [0.25, 0.3) is 5.91 Å². The number of rotatable bonds is 9. The predicted molar refractivity (Wildman–Crippen MR) is 143 cm³/mol. The molecule has 0 radical (unpaired) electrons. The van der Waals surface area contributed by atoms with Crippen LogP contribution in [0.3, 0.4) is 0 Å². The number of fused-ring (bicyclic) bond motifs is 1. The topological polar surface area (TPSA) is 137 Å². The van der Waals surface area contributed by atoms with Crippen molar-refractivity contribution in [2.75, 3.05) is 6.54 Å². The summed E-state index contributed by atoms with van der Waals surface area (Å²) in [5.41, 5.74) is 5.63. The molecule has 0 saturated carbocycles. The fraction of sp³-hybridized carbons (Fsp3) is 0.429. The molecule has 0 spiro atoms. The maximum absolute atomic E-state index is 13.7. The second kappa shape index (κ2) is 12.1. The summed E-state index contributed by atoms with van der Waals surface area (Å²) in [5, 5.41) is 5.08. The van der Waals surface area contributed by atoms with Gasteiger partial charge in [0, 0.05) is 16.7 Å². The highest BCUT2D eigenvalue weighted by atomic mass is 35.5. The van der Waals surface area contributed by atoms with Crippen molar-refractivity contribution in [2.45, 2.75) is 64.8 Å². The van der Waals surface area contributed by atoms with E-state index in [2.05, 4.69) is 10.6 Å². The number of ether oxygens (including phenoxy) is 2. The number of hydrogen-bond acceptors (Lipinski definition) is 7. The van der Waals surface area contributed by atoms with Gasteiger partial charge in [0.1, 0.15) is 23.7 Å². The van der Waals surface area contributed by atoms with Crippen LogP contribution in [0.15, 0.2) is 36.4 Å². The number of hydrogen-bond donors (Lipinski definition) is 3. The number of nitrogens with two attached hydrogens (primary N) is 1. The van der Waals surface area contributed by atoms with Gasteiger partial charge in [0.15, 0.2) is 11.9 Å². The predicted octanol–water partition coefficient (Wildman–Crippen LogP) is 3.73. The van der Waals surface area contributed by atoms with Crippen molar-refractivity contribution in [1.29, 1.82) is 0 Å². The molecule has 1 aliphatic heterocycles. The van der Waals surface area contributed by atoms with Gasteiger partial charge in [-0.2, -0.15) is 0 Å². The standard InChI is InChI=1S/C28H33ClFN3O6/c1-6-14(2)23(31)27(37)32-13-22(35)38-25-24(33-26(36)17-7-9-20(30)19(29)12-17)18-11-16(15(3)34)8-10-21(18)39-28(25,4)5/h7-12,14,23-25H,6,13,31H2,1-5H3,(H,32,37)(H,33,36)/t14-,23-,24-,25-/m0/s1. The molecule has 0 bridgehead atoms. The van der Waals surface area contributed by atoms with Gasteiger partial charge < -0.3 is 25.8 Å². The van der Waals surface area contributed by atoms with E-state index in [0.29, 0.717) is 23.3 Å². The minimum absolute atomic E-state index is 0.0753. The van der Waals surface area contributed by atoms with Gasteiger partial charge in [0.2, 0.25) is 5.91 Å². The number of esters is 1. The minimum atomic E-state index is -1.14. The third-order valence-corrected chi connectivity index (χ3v) is 7.10. The second-order valence-electron chi connectivity index (χ2n) is 10.1. The molecule has 2 amide bonds. The molecule has 0 saturated heterocycles. The summed E-state index contributed by atoms with van der Waals surface area (Å²) in [6, 6.07) is 6.52. The van der Waals surface area contributed by atoms with Crippen LogP contribution in [0.4, 0.5) is 4.39 Å². The third-order valence-electron chi connectivity index (χ3n) is 6.81. The Morgan fingerprint density at radius 2 is 1.82 bits per heavy atom. The maximum Gasteiger partial charge on any atom is 0.325 e. The number of amides is 2. The lowest BCUT2D eigenvalue weighted by atomic mass is 9.85. The Morgan fingerprint density at radius 1 is 1.15 bits per heavy atom. The molecule has 2 aromatic carbocycles. The zero-order chi connectivity index (χ0) is 29.1. The Hall–Kier alpha value is -3.50. The molecule has 1 aliphatic rings. The summed E-state index contributed by atoms with van der Waals surface area (Å²) in [6.07, 6.45) is -0.394. The highest BCUT2D eigenvalue weighted by molar-refractivity contribution is 6.31. The molecule has 0 aliphatic carbocycles. The van der Waals surface area contributed by atoms with Gasteiger partial charge in [-0.15, -0.1) is 0 Å². The van der Waals surface area contributed by atoms with Crippen LogP contribution in [0.5, 0.6) is 5.75 Å². The Kier molecular flexibility index (Phi) is 9.34. The summed E-state index contributed by atoms with van der Waals surface area (Å²) >= 11 is 5.87.